The van der Waals surface area contributed by atoms with Gasteiger partial charge in [0.2, 0.25) is 5.13 Å². The second kappa shape index (κ2) is 11.8. The number of hydrogen-bond acceptors (Lipinski definition) is 8. The zero-order valence-electron chi connectivity index (χ0n) is 19.9. The number of benzene rings is 3. The summed E-state index contributed by atoms with van der Waals surface area (Å²) in [4.78, 5) is 28.6. The molecule has 0 unspecified atom stereocenters. The number of aromatic nitrogens is 3. The molecule has 10 nitrogen and oxygen atoms in total. The number of nitrogens with one attached hydrogen (secondary N) is 1. The van der Waals surface area contributed by atoms with Gasteiger partial charge in [-0.1, -0.05) is 53.5 Å². The molecule has 0 aliphatic carbocycles. The molecule has 0 saturated carbocycles. The Morgan fingerprint density at radius 1 is 1.00 bits per heavy atom. The third-order valence-electron chi connectivity index (χ3n) is 5.46. The third-order valence-corrected chi connectivity index (χ3v) is 6.86. The van der Waals surface area contributed by atoms with Gasteiger partial charge in [0.15, 0.2) is 5.69 Å². The van der Waals surface area contributed by atoms with Crippen LogP contribution in [0, 0.1) is 10.1 Å². The molecule has 0 bridgehead atoms. The first-order valence-corrected chi connectivity index (χ1v) is 12.5. The average molecular weight is 604 g/mol. The first-order chi connectivity index (χ1) is 18.4. The van der Waals surface area contributed by atoms with E-state index < -0.39 is 10.5 Å². The van der Waals surface area contributed by atoms with E-state index in [0.29, 0.717) is 22.1 Å². The van der Waals surface area contributed by atoms with Gasteiger partial charge >= 0.3 is 5.56 Å². The Morgan fingerprint density at radius 2 is 1.64 bits per heavy atom. The molecular weight excluding hydrogens is 587 g/mol. The van der Waals surface area contributed by atoms with E-state index in [0.717, 1.165) is 23.4 Å². The molecule has 0 aliphatic rings. The fraction of sp³-hybridized carbons (Fsp3) is 0.0400. The van der Waals surface area contributed by atoms with Crippen molar-refractivity contribution < 1.29 is 9.66 Å². The van der Waals surface area contributed by atoms with Crippen LogP contribution < -0.4 is 10.3 Å². The predicted molar refractivity (Wildman–Crippen MR) is 154 cm³/mol. The highest BCUT2D eigenvalue weighted by molar-refractivity contribution is 7.12. The number of methoxy groups -OCH3 is 1. The van der Waals surface area contributed by atoms with Gasteiger partial charge in [0.25, 0.3) is 5.69 Å². The van der Waals surface area contributed by atoms with E-state index in [2.05, 4.69) is 20.3 Å². The highest BCUT2D eigenvalue weighted by Crippen LogP contribution is 2.38. The lowest BCUT2D eigenvalue weighted by molar-refractivity contribution is -0.384. The van der Waals surface area contributed by atoms with Gasteiger partial charge in [0.1, 0.15) is 11.4 Å². The molecular formula is C25H17Cl3N6O4S. The first kappa shape index (κ1) is 28.0. The monoisotopic (exact) mass is 602 g/mol. The maximum absolute atomic E-state index is 13.5. The average Bonchev–Trinajstić information content (AvgIpc) is 3.53. The van der Waals surface area contributed by atoms with Crippen molar-refractivity contribution in [1.82, 2.24) is 14.8 Å². The van der Waals surface area contributed by atoms with E-state index in [4.69, 9.17) is 27.9 Å². The van der Waals surface area contributed by atoms with Gasteiger partial charge in [-0.15, -0.1) is 34.0 Å². The van der Waals surface area contributed by atoms with Crippen molar-refractivity contribution in [3.63, 3.8) is 0 Å². The highest BCUT2D eigenvalue weighted by atomic mass is 35.5. The number of halogens is 3. The number of non-ortho nitro benzene ring substituents is 1. The van der Waals surface area contributed by atoms with Gasteiger partial charge in [0.05, 0.1) is 33.5 Å². The number of nitro benzene ring substituents is 1. The van der Waals surface area contributed by atoms with E-state index in [1.165, 1.54) is 16.0 Å². The number of H-pyrrole nitrogens is 1. The van der Waals surface area contributed by atoms with Gasteiger partial charge < -0.3 is 4.74 Å². The molecule has 0 fully saturated rings. The molecule has 0 aliphatic heterocycles. The number of thiazole rings is 1. The Labute approximate surface area is 241 Å². The fourth-order valence-electron chi connectivity index (χ4n) is 3.58. The minimum Gasteiger partial charge on any atom is -0.497 e. The van der Waals surface area contributed by atoms with Gasteiger partial charge in [0, 0.05) is 28.6 Å². The molecule has 5 rings (SSSR count). The summed E-state index contributed by atoms with van der Waals surface area (Å²) in [6, 6.07) is 18.8. The topological polar surface area (TPSA) is 128 Å². The summed E-state index contributed by atoms with van der Waals surface area (Å²) >= 11 is 13.6. The molecule has 0 radical (unpaired) electrons. The smallest absolute Gasteiger partial charge is 0.301 e. The molecule has 0 amide bonds. The molecule has 3 aromatic carbocycles. The van der Waals surface area contributed by atoms with Crippen molar-refractivity contribution in [1.29, 1.82) is 0 Å². The SMILES string of the molecule is COc1ccc(-c2csc(-n3[nH]c(-c4ccccc4)c(N=Nc4c(Cl)cc([N+](=O)[O-])cc4Cl)c3=O)n2)cc1.Cl. The quantitative estimate of drug-likeness (QED) is 0.114. The van der Waals surface area contributed by atoms with Crippen LogP contribution in [0.15, 0.2) is 87.1 Å². The number of nitro groups is 1. The molecule has 0 atom stereocenters. The van der Waals surface area contributed by atoms with Gasteiger partial charge in [-0.25, -0.2) is 4.98 Å². The van der Waals surface area contributed by atoms with E-state index in [-0.39, 0.29) is 39.5 Å². The van der Waals surface area contributed by atoms with Crippen LogP contribution in [0.1, 0.15) is 0 Å². The zero-order chi connectivity index (χ0) is 26.8. The largest absolute Gasteiger partial charge is 0.497 e. The molecule has 2 heterocycles. The molecule has 5 aromatic rings. The molecule has 198 valence electrons. The lowest BCUT2D eigenvalue weighted by atomic mass is 10.1. The van der Waals surface area contributed by atoms with Gasteiger partial charge in [-0.05, 0) is 24.3 Å². The fourth-order valence-corrected chi connectivity index (χ4v) is 4.92. The van der Waals surface area contributed by atoms with E-state index in [9.17, 15) is 14.9 Å². The van der Waals surface area contributed by atoms with Crippen LogP contribution in [-0.4, -0.2) is 26.8 Å². The van der Waals surface area contributed by atoms with Crippen molar-refractivity contribution in [2.45, 2.75) is 0 Å². The Bertz CT molecular complexity index is 1710. The Hall–Kier alpha value is -4.03. The number of hydrogen-bond donors (Lipinski definition) is 1. The summed E-state index contributed by atoms with van der Waals surface area (Å²) in [6.45, 7) is 0. The van der Waals surface area contributed by atoms with Crippen LogP contribution in [0.2, 0.25) is 10.0 Å². The summed E-state index contributed by atoms with van der Waals surface area (Å²) in [5, 5.41) is 24.5. The number of aromatic amines is 1. The standard InChI is InChI=1S/C25H16Cl2N6O4S.ClH/c1-37-17-9-7-14(8-10-17)20-13-38-25(28-20)32-24(34)23(21(31-32)15-5-3-2-4-6-15)30-29-22-18(26)11-16(33(35)36)12-19(22)27;/h2-13,31H,1H3;1H. The van der Waals surface area contributed by atoms with Crippen LogP contribution in [0.4, 0.5) is 17.1 Å². The lowest BCUT2D eigenvalue weighted by Crippen LogP contribution is -2.13. The minimum absolute atomic E-state index is 0. The van der Waals surface area contributed by atoms with E-state index >= 15 is 0 Å². The Balaban J connectivity index is 0.00000353. The summed E-state index contributed by atoms with van der Waals surface area (Å²) < 4.78 is 6.49. The summed E-state index contributed by atoms with van der Waals surface area (Å²) in [5.74, 6) is 0.723. The Morgan fingerprint density at radius 3 is 2.26 bits per heavy atom. The predicted octanol–water partition coefficient (Wildman–Crippen LogP) is 8.02. The van der Waals surface area contributed by atoms with E-state index in [1.54, 1.807) is 7.11 Å². The second-order valence-corrected chi connectivity index (χ2v) is 9.45. The number of rotatable bonds is 7. The van der Waals surface area contributed by atoms with Crippen LogP contribution in [0.3, 0.4) is 0 Å². The summed E-state index contributed by atoms with van der Waals surface area (Å²) in [7, 11) is 1.59. The minimum atomic E-state index is -0.620. The maximum Gasteiger partial charge on any atom is 0.301 e. The first-order valence-electron chi connectivity index (χ1n) is 10.9. The number of ether oxygens (including phenoxy) is 1. The van der Waals surface area contributed by atoms with Crippen LogP contribution >= 0.6 is 46.9 Å². The van der Waals surface area contributed by atoms with Crippen molar-refractivity contribution in [2.75, 3.05) is 7.11 Å². The van der Waals surface area contributed by atoms with Gasteiger partial charge in [-0.2, -0.15) is 4.68 Å². The van der Waals surface area contributed by atoms with Crippen molar-refractivity contribution in [3.8, 4) is 33.4 Å². The summed E-state index contributed by atoms with van der Waals surface area (Å²) in [6.07, 6.45) is 0. The molecule has 1 N–H and O–H groups in total. The van der Waals surface area contributed by atoms with E-state index in [1.807, 2.05) is 60.0 Å². The molecule has 14 heteroatoms. The van der Waals surface area contributed by atoms with Crippen LogP contribution in [-0.2, 0) is 0 Å². The maximum atomic E-state index is 13.5. The molecule has 39 heavy (non-hydrogen) atoms. The Kier molecular flexibility index (Phi) is 8.46. The highest BCUT2D eigenvalue weighted by Gasteiger charge is 2.20. The molecule has 0 saturated heterocycles. The molecule has 2 aromatic heterocycles. The van der Waals surface area contributed by atoms with Crippen molar-refractivity contribution >= 4 is 64.0 Å². The van der Waals surface area contributed by atoms with Crippen LogP contribution in [0.25, 0.3) is 27.6 Å². The zero-order valence-corrected chi connectivity index (χ0v) is 23.0. The van der Waals surface area contributed by atoms with Crippen molar-refractivity contribution in [2.24, 2.45) is 10.2 Å². The van der Waals surface area contributed by atoms with Crippen LogP contribution in [0.5, 0.6) is 5.75 Å². The van der Waals surface area contributed by atoms with Gasteiger partial charge in [-0.3, -0.25) is 20.0 Å². The third kappa shape index (κ3) is 5.71. The van der Waals surface area contributed by atoms with Crippen molar-refractivity contribution in [3.05, 3.63) is 103 Å². The lowest BCUT2D eigenvalue weighted by Gasteiger charge is -2.01. The second-order valence-electron chi connectivity index (χ2n) is 7.80. The number of nitrogens with zero attached hydrogens (tertiary/aromatic N) is 5. The normalized spacial score (nSPS) is 10.9. The summed E-state index contributed by atoms with van der Waals surface area (Å²) in [5.41, 5.74) is 1.83. The number of azo groups is 1. The molecule has 0 spiro atoms.